The summed E-state index contributed by atoms with van der Waals surface area (Å²) < 4.78 is 42.9. The molecule has 0 unspecified atom stereocenters. The zero-order chi connectivity index (χ0) is 37.2. The number of nitrogens with one attached hydrogen (secondary N) is 1. The highest BCUT2D eigenvalue weighted by molar-refractivity contribution is 7.89. The molecule has 13 nitrogen and oxygen atoms in total. The van der Waals surface area contributed by atoms with Crippen LogP contribution in [0.1, 0.15) is 67.9 Å². The lowest BCUT2D eigenvalue weighted by Crippen LogP contribution is -2.38. The van der Waals surface area contributed by atoms with Gasteiger partial charge in [0.05, 0.1) is 42.2 Å². The van der Waals surface area contributed by atoms with Crippen molar-refractivity contribution in [3.05, 3.63) is 94.8 Å². The van der Waals surface area contributed by atoms with E-state index < -0.39 is 21.4 Å². The molecule has 1 amide bonds. The summed E-state index contributed by atoms with van der Waals surface area (Å²) in [5, 5.41) is 20.9. The molecule has 14 heteroatoms. The number of sulfonamides is 1. The Morgan fingerprint density at radius 3 is 2.56 bits per heavy atom. The van der Waals surface area contributed by atoms with E-state index in [1.165, 1.54) is 16.7 Å². The van der Waals surface area contributed by atoms with Gasteiger partial charge in [0, 0.05) is 19.0 Å². The fourth-order valence-corrected chi connectivity index (χ4v) is 8.34. The number of hydrogen-bond acceptors (Lipinski definition) is 10. The summed E-state index contributed by atoms with van der Waals surface area (Å²) in [5.74, 6) is -0.415. The maximum atomic E-state index is 14.3. The minimum atomic E-state index is -3.89. The SMILES string of the molecule is CC[C@@H]1CN(Cc2cc([C@@H](c3ccc4c(nnn4CC)c3C)C(C)(C)C(=O)Nc3cnc(OCCO)nc3)ccc2C)S(=O)(=O)c2ccccc2O1. The summed E-state index contributed by atoms with van der Waals surface area (Å²) in [4.78, 5) is 22.8. The van der Waals surface area contributed by atoms with Gasteiger partial charge < -0.3 is 19.9 Å². The minimum Gasteiger partial charge on any atom is -0.488 e. The number of aliphatic hydroxyl groups is 1. The van der Waals surface area contributed by atoms with Crippen LogP contribution in [0.4, 0.5) is 5.69 Å². The summed E-state index contributed by atoms with van der Waals surface area (Å²) in [6.07, 6.45) is 3.24. The second-order valence-electron chi connectivity index (χ2n) is 13.6. The fourth-order valence-electron chi connectivity index (χ4n) is 6.76. The molecule has 0 spiro atoms. The average molecular weight is 728 g/mol. The normalized spacial score (nSPS) is 16.5. The predicted octanol–water partition coefficient (Wildman–Crippen LogP) is 5.39. The first kappa shape index (κ1) is 36.9. The van der Waals surface area contributed by atoms with Crippen molar-refractivity contribution in [2.75, 3.05) is 25.1 Å². The van der Waals surface area contributed by atoms with Crippen LogP contribution in [0.5, 0.6) is 11.8 Å². The van der Waals surface area contributed by atoms with Crippen molar-refractivity contribution >= 4 is 32.7 Å². The van der Waals surface area contributed by atoms with Crippen LogP contribution in [-0.2, 0) is 27.9 Å². The lowest BCUT2D eigenvalue weighted by molar-refractivity contribution is -0.124. The summed E-state index contributed by atoms with van der Waals surface area (Å²) >= 11 is 0. The maximum absolute atomic E-state index is 14.3. The molecule has 0 saturated heterocycles. The number of hydrogen-bond donors (Lipinski definition) is 2. The van der Waals surface area contributed by atoms with Crippen molar-refractivity contribution in [1.82, 2.24) is 29.3 Å². The van der Waals surface area contributed by atoms with Crippen LogP contribution < -0.4 is 14.8 Å². The Morgan fingerprint density at radius 1 is 1.10 bits per heavy atom. The van der Waals surface area contributed by atoms with Gasteiger partial charge in [0.25, 0.3) is 0 Å². The second-order valence-corrected chi connectivity index (χ2v) is 15.5. The van der Waals surface area contributed by atoms with Crippen LogP contribution in [-0.4, -0.2) is 74.6 Å². The topological polar surface area (TPSA) is 162 Å². The number of fused-ring (bicyclic) bond motifs is 2. The van der Waals surface area contributed by atoms with Gasteiger partial charge in [-0.05, 0) is 73.2 Å². The Hall–Kier alpha value is -4.92. The molecule has 5 aromatic rings. The van der Waals surface area contributed by atoms with Crippen LogP contribution >= 0.6 is 0 Å². The van der Waals surface area contributed by atoms with Gasteiger partial charge in [-0.3, -0.25) is 4.79 Å². The molecule has 3 aromatic carbocycles. The number of rotatable bonds is 12. The van der Waals surface area contributed by atoms with Gasteiger partial charge in [-0.25, -0.2) is 23.1 Å². The van der Waals surface area contributed by atoms with E-state index in [1.807, 2.05) is 76.6 Å². The molecule has 3 heterocycles. The molecule has 274 valence electrons. The molecule has 1 aliphatic heterocycles. The van der Waals surface area contributed by atoms with Gasteiger partial charge in [0.1, 0.15) is 28.9 Å². The smallest absolute Gasteiger partial charge is 0.316 e. The number of aryl methyl sites for hydroxylation is 3. The van der Waals surface area contributed by atoms with Gasteiger partial charge in [-0.1, -0.05) is 62.4 Å². The molecule has 1 aliphatic rings. The first-order valence-electron chi connectivity index (χ1n) is 17.4. The number of nitrogens with zero attached hydrogens (tertiary/aromatic N) is 6. The highest BCUT2D eigenvalue weighted by Gasteiger charge is 2.41. The molecule has 2 atom stereocenters. The lowest BCUT2D eigenvalue weighted by Gasteiger charge is -2.35. The molecule has 2 aromatic heterocycles. The Bertz CT molecular complexity index is 2190. The van der Waals surface area contributed by atoms with E-state index in [0.29, 0.717) is 24.4 Å². The van der Waals surface area contributed by atoms with Crippen LogP contribution in [0.3, 0.4) is 0 Å². The molecule has 6 rings (SSSR count). The van der Waals surface area contributed by atoms with Gasteiger partial charge >= 0.3 is 6.01 Å². The monoisotopic (exact) mass is 727 g/mol. The van der Waals surface area contributed by atoms with Crippen molar-refractivity contribution in [1.29, 1.82) is 0 Å². The Labute approximate surface area is 304 Å². The largest absolute Gasteiger partial charge is 0.488 e. The van der Waals surface area contributed by atoms with Crippen LogP contribution in [0, 0.1) is 19.3 Å². The van der Waals surface area contributed by atoms with Crippen molar-refractivity contribution in [2.45, 2.75) is 78.0 Å². The third-order valence-corrected chi connectivity index (χ3v) is 11.6. The van der Waals surface area contributed by atoms with E-state index in [4.69, 9.17) is 14.6 Å². The number of aliphatic hydroxyl groups excluding tert-OH is 1. The van der Waals surface area contributed by atoms with Gasteiger partial charge in [-0.15, -0.1) is 5.10 Å². The van der Waals surface area contributed by atoms with Crippen LogP contribution in [0.15, 0.2) is 71.9 Å². The second kappa shape index (κ2) is 15.0. The zero-order valence-corrected chi connectivity index (χ0v) is 31.1. The minimum absolute atomic E-state index is 0.0542. The first-order chi connectivity index (χ1) is 24.9. The third kappa shape index (κ3) is 7.10. The number of carbonyl (C=O) groups excluding carboxylic acids is 1. The zero-order valence-electron chi connectivity index (χ0n) is 30.3. The number of amides is 1. The van der Waals surface area contributed by atoms with Crippen molar-refractivity contribution < 1.29 is 27.8 Å². The van der Waals surface area contributed by atoms with Crippen molar-refractivity contribution in [3.8, 4) is 11.8 Å². The summed E-state index contributed by atoms with van der Waals surface area (Å²) in [6.45, 7) is 12.6. The van der Waals surface area contributed by atoms with Gasteiger partial charge in [-0.2, -0.15) is 4.31 Å². The van der Waals surface area contributed by atoms with Crippen molar-refractivity contribution in [2.24, 2.45) is 5.41 Å². The number of aromatic nitrogens is 5. The standard InChI is InChI=1S/C38H45N7O6S/c1-7-29-23-44(52(48,49)33-12-10-9-11-32(33)51-29)22-27-19-26(14-13-24(27)3)34(30-15-16-31-35(25(30)4)42-43-45(31)8-2)38(5,6)36(47)41-28-20-39-37(40-21-28)50-18-17-46/h9-16,19-21,29,34,46H,7-8,17-18,22-23H2,1-6H3,(H,41,47)/t29-,34+/m1/s1. The molecule has 0 fully saturated rings. The average Bonchev–Trinajstić information content (AvgIpc) is 3.52. The summed E-state index contributed by atoms with van der Waals surface area (Å²) in [5.41, 5.74) is 5.34. The molecule has 0 aliphatic carbocycles. The highest BCUT2D eigenvalue weighted by atomic mass is 32.2. The molecule has 52 heavy (non-hydrogen) atoms. The molecule has 2 N–H and O–H groups in total. The van der Waals surface area contributed by atoms with E-state index in [9.17, 15) is 13.2 Å². The molecule has 0 radical (unpaired) electrons. The number of para-hydroxylation sites is 1. The van der Waals surface area contributed by atoms with E-state index >= 15 is 0 Å². The quantitative estimate of drug-likeness (QED) is 0.171. The van der Waals surface area contributed by atoms with E-state index in [1.54, 1.807) is 24.3 Å². The number of ether oxygens (including phenoxy) is 2. The van der Waals surface area contributed by atoms with E-state index in [2.05, 4.69) is 25.6 Å². The maximum Gasteiger partial charge on any atom is 0.316 e. The molecule has 0 bridgehead atoms. The lowest BCUT2D eigenvalue weighted by atomic mass is 9.69. The number of benzene rings is 3. The molecular formula is C38H45N7O6S. The van der Waals surface area contributed by atoms with E-state index in [0.717, 1.165) is 38.9 Å². The summed E-state index contributed by atoms with van der Waals surface area (Å²) in [7, 11) is -3.89. The third-order valence-electron chi connectivity index (χ3n) is 9.78. The predicted molar refractivity (Wildman–Crippen MR) is 197 cm³/mol. The van der Waals surface area contributed by atoms with E-state index in [-0.39, 0.29) is 49.2 Å². The Morgan fingerprint density at radius 2 is 1.85 bits per heavy atom. The van der Waals surface area contributed by atoms with Crippen LogP contribution in [0.25, 0.3) is 11.0 Å². The van der Waals surface area contributed by atoms with Gasteiger partial charge in [0.2, 0.25) is 15.9 Å². The Kier molecular flexibility index (Phi) is 10.6. The highest BCUT2D eigenvalue weighted by Crippen LogP contribution is 2.45. The fraction of sp³-hybridized carbons (Fsp3) is 0.395. The van der Waals surface area contributed by atoms with Gasteiger partial charge in [0.15, 0.2) is 0 Å². The number of anilines is 1. The first-order valence-corrected chi connectivity index (χ1v) is 18.9. The Balaban J connectivity index is 1.42. The van der Waals surface area contributed by atoms with Crippen molar-refractivity contribution in [3.63, 3.8) is 0 Å². The van der Waals surface area contributed by atoms with Crippen LogP contribution in [0.2, 0.25) is 0 Å². The number of carbonyl (C=O) groups is 1. The molecule has 0 saturated carbocycles. The molecular weight excluding hydrogens is 683 g/mol. The summed E-state index contributed by atoms with van der Waals surface area (Å²) in [6, 6.07) is 16.9.